The molecule has 2 heterocycles. The molecule has 1 atom stereocenters. The number of benzene rings is 2. The summed E-state index contributed by atoms with van der Waals surface area (Å²) >= 11 is 0. The van der Waals surface area contributed by atoms with E-state index in [1.165, 1.54) is 0 Å². The smallest absolute Gasteiger partial charge is 0.355 e. The highest BCUT2D eigenvalue weighted by atomic mass is 16.5. The predicted octanol–water partition coefficient (Wildman–Crippen LogP) is 4.84. The van der Waals surface area contributed by atoms with Gasteiger partial charge in [-0.25, -0.2) is 14.2 Å². The number of anilines is 2. The van der Waals surface area contributed by atoms with Crippen molar-refractivity contribution in [3.8, 4) is 5.69 Å². The number of carbonyl (C=O) groups excluding carboxylic acids is 1. The molecule has 0 aliphatic carbocycles. The molecule has 0 fully saturated rings. The first kappa shape index (κ1) is 23.3. The summed E-state index contributed by atoms with van der Waals surface area (Å²) in [5, 5.41) is 6.71. The Morgan fingerprint density at radius 1 is 1.09 bits per heavy atom. The van der Waals surface area contributed by atoms with Crippen LogP contribution in [0.1, 0.15) is 50.7 Å². The summed E-state index contributed by atoms with van der Waals surface area (Å²) < 4.78 is 7.02. The van der Waals surface area contributed by atoms with Gasteiger partial charge in [-0.1, -0.05) is 61.9 Å². The Morgan fingerprint density at radius 3 is 2.41 bits per heavy atom. The van der Waals surface area contributed by atoms with Crippen LogP contribution in [0.25, 0.3) is 5.69 Å². The summed E-state index contributed by atoms with van der Waals surface area (Å²) in [7, 11) is 0. The van der Waals surface area contributed by atoms with Crippen LogP contribution in [0.15, 0.2) is 76.7 Å². The van der Waals surface area contributed by atoms with E-state index in [-0.39, 0.29) is 12.6 Å². The highest BCUT2D eigenvalue weighted by Crippen LogP contribution is 2.45. The molecular weight excluding hydrogens is 428 g/mol. The van der Waals surface area contributed by atoms with E-state index in [2.05, 4.69) is 22.5 Å². The number of nitrogens with one attached hydrogen (secondary N) is 2. The monoisotopic (exact) mass is 458 g/mol. The third-order valence-electron chi connectivity index (χ3n) is 5.89. The number of unbranched alkanes of at least 4 members (excludes halogenated alkanes) is 1. The maximum absolute atomic E-state index is 13.3. The fourth-order valence-corrected chi connectivity index (χ4v) is 4.33. The molecule has 0 saturated heterocycles. The van der Waals surface area contributed by atoms with Crippen LogP contribution in [0.3, 0.4) is 0 Å². The summed E-state index contributed by atoms with van der Waals surface area (Å²) in [4.78, 5) is 30.9. The van der Waals surface area contributed by atoms with Crippen molar-refractivity contribution in [2.45, 2.75) is 39.5 Å². The van der Waals surface area contributed by atoms with E-state index >= 15 is 0 Å². The maximum Gasteiger partial charge on any atom is 0.355 e. The molecular formula is C27H30N4O3. The van der Waals surface area contributed by atoms with Crippen LogP contribution < -0.4 is 16.3 Å². The number of ether oxygens (including phenoxy) is 1. The highest BCUT2D eigenvalue weighted by molar-refractivity contribution is 5.95. The Morgan fingerprint density at radius 2 is 1.76 bits per heavy atom. The van der Waals surface area contributed by atoms with E-state index in [4.69, 9.17) is 4.74 Å². The van der Waals surface area contributed by atoms with Gasteiger partial charge in [-0.05, 0) is 38.0 Å². The normalized spacial score (nSPS) is 14.9. The number of hydrogen-bond acceptors (Lipinski definition) is 6. The molecule has 176 valence electrons. The Kier molecular flexibility index (Phi) is 7.11. The van der Waals surface area contributed by atoms with Gasteiger partial charge in [-0.15, -0.1) is 0 Å². The average molecular weight is 459 g/mol. The van der Waals surface area contributed by atoms with Gasteiger partial charge in [0.1, 0.15) is 11.6 Å². The minimum Gasteiger partial charge on any atom is -0.463 e. The van der Waals surface area contributed by atoms with Gasteiger partial charge < -0.3 is 15.4 Å². The van der Waals surface area contributed by atoms with E-state index in [9.17, 15) is 9.59 Å². The first-order chi connectivity index (χ1) is 16.6. The summed E-state index contributed by atoms with van der Waals surface area (Å²) in [6, 6.07) is 19.2. The lowest BCUT2D eigenvalue weighted by atomic mass is 9.81. The summed E-state index contributed by atoms with van der Waals surface area (Å²) in [6.07, 6.45) is 1.94. The summed E-state index contributed by atoms with van der Waals surface area (Å²) in [5.41, 5.74) is 3.14. The maximum atomic E-state index is 13.3. The molecule has 0 bridgehead atoms. The van der Waals surface area contributed by atoms with Crippen LogP contribution in [0.2, 0.25) is 0 Å². The van der Waals surface area contributed by atoms with Crippen molar-refractivity contribution in [2.24, 2.45) is 0 Å². The minimum atomic E-state index is -0.455. The second-order valence-electron chi connectivity index (χ2n) is 8.18. The lowest BCUT2D eigenvalue weighted by molar-refractivity contribution is -0.138. The second kappa shape index (κ2) is 10.4. The molecule has 1 unspecified atom stereocenters. The zero-order chi connectivity index (χ0) is 24.1. The van der Waals surface area contributed by atoms with Crippen molar-refractivity contribution in [1.82, 2.24) is 9.55 Å². The fraction of sp³-hybridized carbons (Fsp3) is 0.296. The van der Waals surface area contributed by atoms with Gasteiger partial charge in [0.2, 0.25) is 0 Å². The first-order valence-electron chi connectivity index (χ1n) is 11.7. The van der Waals surface area contributed by atoms with Crippen molar-refractivity contribution < 1.29 is 9.53 Å². The number of hydrogen-bond donors (Lipinski definition) is 2. The van der Waals surface area contributed by atoms with Gasteiger partial charge in [0, 0.05) is 17.8 Å². The molecule has 4 rings (SSSR count). The second-order valence-corrected chi connectivity index (χ2v) is 8.18. The fourth-order valence-electron chi connectivity index (χ4n) is 4.33. The Hall–Kier alpha value is -3.87. The Bertz CT molecular complexity index is 1250. The zero-order valence-electron chi connectivity index (χ0n) is 19.8. The molecule has 1 aromatic heterocycles. The minimum absolute atomic E-state index is 0.271. The molecule has 0 saturated carbocycles. The van der Waals surface area contributed by atoms with Crippen molar-refractivity contribution in [1.29, 1.82) is 0 Å². The van der Waals surface area contributed by atoms with Crippen LogP contribution in [-0.2, 0) is 9.53 Å². The van der Waals surface area contributed by atoms with E-state index in [0.29, 0.717) is 35.1 Å². The number of nitrogens with zero attached hydrogens (tertiary/aromatic N) is 2. The topological polar surface area (TPSA) is 85.2 Å². The van der Waals surface area contributed by atoms with Crippen LogP contribution >= 0.6 is 0 Å². The number of carbonyl (C=O) groups is 1. The van der Waals surface area contributed by atoms with Gasteiger partial charge >= 0.3 is 11.7 Å². The van der Waals surface area contributed by atoms with Gasteiger partial charge in [0.05, 0.1) is 23.8 Å². The molecule has 7 nitrogen and oxygen atoms in total. The molecule has 0 amide bonds. The lowest BCUT2D eigenvalue weighted by Crippen LogP contribution is -2.33. The van der Waals surface area contributed by atoms with Crippen LogP contribution in [0, 0.1) is 0 Å². The van der Waals surface area contributed by atoms with E-state index in [1.807, 2.05) is 67.6 Å². The molecule has 7 heteroatoms. The molecule has 0 radical (unpaired) electrons. The Labute approximate surface area is 199 Å². The number of allylic oxidation sites excluding steroid dienone is 1. The largest absolute Gasteiger partial charge is 0.463 e. The van der Waals surface area contributed by atoms with Crippen molar-refractivity contribution in [3.05, 3.63) is 93.5 Å². The number of aromatic nitrogens is 2. The van der Waals surface area contributed by atoms with E-state index < -0.39 is 11.6 Å². The van der Waals surface area contributed by atoms with Gasteiger partial charge in [-0.2, -0.15) is 4.98 Å². The standard InChI is InChI=1S/C27H30N4O3/c1-4-6-17-28-24-23-22(19-13-9-7-10-14-19)21(26(32)34-5-2)18(3)29-25(23)31(27(33)30-24)20-15-11-8-12-16-20/h7-16,22,29H,4-6,17H2,1-3H3,(H,28,30,33). The molecule has 0 spiro atoms. The quantitative estimate of drug-likeness (QED) is 0.371. The van der Waals surface area contributed by atoms with Crippen molar-refractivity contribution in [2.75, 3.05) is 23.8 Å². The number of fused-ring (bicyclic) bond motifs is 1. The molecule has 1 aliphatic rings. The van der Waals surface area contributed by atoms with Crippen LogP contribution in [0.5, 0.6) is 0 Å². The van der Waals surface area contributed by atoms with Gasteiger partial charge in [0.15, 0.2) is 0 Å². The average Bonchev–Trinajstić information content (AvgIpc) is 2.84. The predicted molar refractivity (Wildman–Crippen MR) is 134 cm³/mol. The molecule has 2 N–H and O–H groups in total. The van der Waals surface area contributed by atoms with E-state index in [0.717, 1.165) is 24.0 Å². The van der Waals surface area contributed by atoms with Crippen molar-refractivity contribution in [3.63, 3.8) is 0 Å². The summed E-state index contributed by atoms with van der Waals surface area (Å²) in [5.74, 6) is 0.244. The zero-order valence-corrected chi connectivity index (χ0v) is 19.8. The molecule has 34 heavy (non-hydrogen) atoms. The van der Waals surface area contributed by atoms with Gasteiger partial charge in [0.25, 0.3) is 0 Å². The first-order valence-corrected chi connectivity index (χ1v) is 11.7. The van der Waals surface area contributed by atoms with Crippen LogP contribution in [0.4, 0.5) is 11.6 Å². The number of esters is 1. The number of rotatable bonds is 8. The molecule has 2 aromatic carbocycles. The SMILES string of the molecule is CCCCNc1nc(=O)n(-c2ccccc2)c2c1C(c1ccccc1)C(C(=O)OCC)=C(C)N2. The van der Waals surface area contributed by atoms with Crippen LogP contribution in [-0.4, -0.2) is 28.7 Å². The molecule has 3 aromatic rings. The number of para-hydroxylation sites is 1. The Balaban J connectivity index is 2.02. The third-order valence-corrected chi connectivity index (χ3v) is 5.89. The third kappa shape index (κ3) is 4.46. The lowest BCUT2D eigenvalue weighted by Gasteiger charge is -2.33. The van der Waals surface area contributed by atoms with Crippen molar-refractivity contribution >= 4 is 17.6 Å². The highest BCUT2D eigenvalue weighted by Gasteiger charge is 2.37. The summed E-state index contributed by atoms with van der Waals surface area (Å²) in [6.45, 7) is 6.69. The van der Waals surface area contributed by atoms with E-state index in [1.54, 1.807) is 11.5 Å². The molecule has 1 aliphatic heterocycles. The van der Waals surface area contributed by atoms with Gasteiger partial charge in [-0.3, -0.25) is 0 Å².